The smallest absolute Gasteiger partial charge is 0.225 e. The molecular formula is C17H17NO3S. The molecule has 22 heavy (non-hydrogen) atoms. The van der Waals surface area contributed by atoms with E-state index >= 15 is 0 Å². The summed E-state index contributed by atoms with van der Waals surface area (Å²) < 4.78 is 11.0. The van der Waals surface area contributed by atoms with E-state index in [0.717, 1.165) is 11.3 Å². The topological polar surface area (TPSA) is 47.6 Å². The third kappa shape index (κ3) is 2.72. The first-order valence-corrected chi connectivity index (χ1v) is 7.89. The van der Waals surface area contributed by atoms with E-state index in [-0.39, 0.29) is 11.8 Å². The predicted octanol–water partition coefficient (Wildman–Crippen LogP) is 3.80. The van der Waals surface area contributed by atoms with Crippen molar-refractivity contribution in [3.8, 4) is 11.5 Å². The Morgan fingerprint density at radius 1 is 1.41 bits per heavy atom. The Morgan fingerprint density at radius 3 is 3.05 bits per heavy atom. The third-order valence-corrected chi connectivity index (χ3v) is 4.65. The Kier molecular flexibility index (Phi) is 4.15. The Hall–Kier alpha value is -2.27. The summed E-state index contributed by atoms with van der Waals surface area (Å²) in [5, 5.41) is 4.91. The molecule has 1 aromatic heterocycles. The summed E-state index contributed by atoms with van der Waals surface area (Å²) in [7, 11) is 1.62. The summed E-state index contributed by atoms with van der Waals surface area (Å²) >= 11 is 1.66. The van der Waals surface area contributed by atoms with Crippen LogP contribution in [0.3, 0.4) is 0 Å². The first kappa shape index (κ1) is 14.7. The number of rotatable bonds is 5. The second-order valence-corrected chi connectivity index (χ2v) is 5.96. The molecule has 0 radical (unpaired) electrons. The maximum atomic E-state index is 11.9. The molecule has 1 aliphatic heterocycles. The number of fused-ring (bicyclic) bond motifs is 1. The number of methoxy groups -OCH3 is 1. The second-order valence-electron chi connectivity index (χ2n) is 5.01. The molecule has 2 heterocycles. The summed E-state index contributed by atoms with van der Waals surface area (Å²) in [6.07, 6.45) is 2.14. The van der Waals surface area contributed by atoms with Crippen LogP contribution in [0.4, 0.5) is 5.69 Å². The molecule has 1 N–H and O–H groups in total. The minimum absolute atomic E-state index is 0.0434. The van der Waals surface area contributed by atoms with Gasteiger partial charge < -0.3 is 14.8 Å². The number of ether oxygens (including phenoxy) is 2. The molecule has 0 bridgehead atoms. The SMILES string of the molecule is C=CCOc1ccc([C@H]2CC(=O)Nc3ccsc32)cc1OC. The molecule has 5 heteroatoms. The molecule has 0 fully saturated rings. The lowest BCUT2D eigenvalue weighted by atomic mass is 9.90. The molecule has 4 nitrogen and oxygen atoms in total. The molecule has 114 valence electrons. The van der Waals surface area contributed by atoms with Gasteiger partial charge in [0.25, 0.3) is 0 Å². The van der Waals surface area contributed by atoms with Crippen molar-refractivity contribution in [1.29, 1.82) is 0 Å². The van der Waals surface area contributed by atoms with Crippen molar-refractivity contribution < 1.29 is 14.3 Å². The number of hydrogen-bond donors (Lipinski definition) is 1. The van der Waals surface area contributed by atoms with Crippen LogP contribution in [0.25, 0.3) is 0 Å². The van der Waals surface area contributed by atoms with E-state index in [2.05, 4.69) is 11.9 Å². The quantitative estimate of drug-likeness (QED) is 0.854. The van der Waals surface area contributed by atoms with Crippen molar-refractivity contribution >= 4 is 22.9 Å². The predicted molar refractivity (Wildman–Crippen MR) is 88.1 cm³/mol. The lowest BCUT2D eigenvalue weighted by Gasteiger charge is -2.23. The molecule has 1 aromatic carbocycles. The highest BCUT2D eigenvalue weighted by Crippen LogP contribution is 2.42. The van der Waals surface area contributed by atoms with Crippen LogP contribution in [0.2, 0.25) is 0 Å². The number of benzene rings is 1. The second kappa shape index (κ2) is 6.23. The highest BCUT2D eigenvalue weighted by molar-refractivity contribution is 7.10. The van der Waals surface area contributed by atoms with Crippen LogP contribution in [0.1, 0.15) is 22.8 Å². The maximum absolute atomic E-state index is 11.9. The van der Waals surface area contributed by atoms with Crippen molar-refractivity contribution in [3.05, 3.63) is 52.7 Å². The molecule has 0 saturated carbocycles. The summed E-state index contributed by atoms with van der Waals surface area (Å²) in [6.45, 7) is 4.07. The van der Waals surface area contributed by atoms with E-state index in [1.54, 1.807) is 24.5 Å². The molecule has 2 aromatic rings. The number of nitrogens with one attached hydrogen (secondary N) is 1. The van der Waals surface area contributed by atoms with Crippen LogP contribution in [-0.4, -0.2) is 19.6 Å². The van der Waals surface area contributed by atoms with E-state index in [9.17, 15) is 4.79 Å². The maximum Gasteiger partial charge on any atom is 0.225 e. The van der Waals surface area contributed by atoms with Gasteiger partial charge in [-0.1, -0.05) is 18.7 Å². The zero-order valence-corrected chi connectivity index (χ0v) is 13.1. The summed E-state index contributed by atoms with van der Waals surface area (Å²) in [5.41, 5.74) is 1.97. The molecule has 0 saturated heterocycles. The zero-order valence-electron chi connectivity index (χ0n) is 12.3. The van der Waals surface area contributed by atoms with Gasteiger partial charge in [-0.15, -0.1) is 11.3 Å². The minimum atomic E-state index is 0.0434. The summed E-state index contributed by atoms with van der Waals surface area (Å²) in [6, 6.07) is 7.78. The Morgan fingerprint density at radius 2 is 2.27 bits per heavy atom. The van der Waals surface area contributed by atoms with Crippen LogP contribution in [0, 0.1) is 0 Å². The van der Waals surface area contributed by atoms with E-state index in [1.165, 1.54) is 4.88 Å². The van der Waals surface area contributed by atoms with Crippen LogP contribution in [0.5, 0.6) is 11.5 Å². The van der Waals surface area contributed by atoms with Crippen molar-refractivity contribution in [1.82, 2.24) is 0 Å². The van der Waals surface area contributed by atoms with E-state index in [0.29, 0.717) is 24.5 Å². The molecule has 1 atom stereocenters. The number of hydrogen-bond acceptors (Lipinski definition) is 4. The monoisotopic (exact) mass is 315 g/mol. The van der Waals surface area contributed by atoms with Gasteiger partial charge in [-0.05, 0) is 29.1 Å². The number of amides is 1. The molecule has 1 amide bonds. The fraction of sp³-hybridized carbons (Fsp3) is 0.235. The molecule has 0 unspecified atom stereocenters. The van der Waals surface area contributed by atoms with Crippen molar-refractivity contribution in [3.63, 3.8) is 0 Å². The van der Waals surface area contributed by atoms with Crippen LogP contribution >= 0.6 is 11.3 Å². The van der Waals surface area contributed by atoms with Crippen molar-refractivity contribution in [2.24, 2.45) is 0 Å². The van der Waals surface area contributed by atoms with Crippen LogP contribution < -0.4 is 14.8 Å². The van der Waals surface area contributed by atoms with Gasteiger partial charge in [-0.25, -0.2) is 0 Å². The van der Waals surface area contributed by atoms with Gasteiger partial charge >= 0.3 is 0 Å². The summed E-state index contributed by atoms with van der Waals surface area (Å²) in [5.74, 6) is 1.45. The Balaban J connectivity index is 1.96. The number of anilines is 1. The largest absolute Gasteiger partial charge is 0.493 e. The molecule has 0 spiro atoms. The molecule has 1 aliphatic rings. The Bertz CT molecular complexity index is 708. The number of carbonyl (C=O) groups is 1. The average molecular weight is 315 g/mol. The fourth-order valence-electron chi connectivity index (χ4n) is 2.61. The molecule has 0 aliphatic carbocycles. The Labute approximate surface area is 133 Å². The average Bonchev–Trinajstić information content (AvgIpc) is 3.00. The lowest BCUT2D eigenvalue weighted by Crippen LogP contribution is -2.21. The van der Waals surface area contributed by atoms with Gasteiger partial charge in [0, 0.05) is 17.2 Å². The molecule has 3 rings (SSSR count). The van der Waals surface area contributed by atoms with Crippen molar-refractivity contribution in [2.45, 2.75) is 12.3 Å². The van der Waals surface area contributed by atoms with E-state index in [4.69, 9.17) is 9.47 Å². The van der Waals surface area contributed by atoms with Gasteiger partial charge in [0.1, 0.15) is 6.61 Å². The first-order chi connectivity index (χ1) is 10.7. The fourth-order valence-corrected chi connectivity index (χ4v) is 3.59. The van der Waals surface area contributed by atoms with Crippen molar-refractivity contribution in [2.75, 3.05) is 19.0 Å². The standard InChI is InChI=1S/C17H17NO3S/c1-3-7-21-14-5-4-11(9-15(14)20-2)12-10-16(19)18-13-6-8-22-17(12)13/h3-6,8-9,12H,1,7,10H2,2H3,(H,18,19)/t12-/m1/s1. The van der Waals surface area contributed by atoms with Crippen LogP contribution in [-0.2, 0) is 4.79 Å². The lowest BCUT2D eigenvalue weighted by molar-refractivity contribution is -0.116. The van der Waals surface area contributed by atoms with Gasteiger partial charge in [0.2, 0.25) is 5.91 Å². The summed E-state index contributed by atoms with van der Waals surface area (Å²) in [4.78, 5) is 13.1. The number of thiophene rings is 1. The van der Waals surface area contributed by atoms with Gasteiger partial charge in [-0.3, -0.25) is 4.79 Å². The van der Waals surface area contributed by atoms with Gasteiger partial charge in [0.15, 0.2) is 11.5 Å². The van der Waals surface area contributed by atoms with Gasteiger partial charge in [0.05, 0.1) is 12.8 Å². The zero-order chi connectivity index (χ0) is 15.5. The van der Waals surface area contributed by atoms with Crippen LogP contribution in [0.15, 0.2) is 42.3 Å². The highest BCUT2D eigenvalue weighted by atomic mass is 32.1. The first-order valence-electron chi connectivity index (χ1n) is 7.01. The normalized spacial score (nSPS) is 16.6. The number of carbonyl (C=O) groups excluding carboxylic acids is 1. The molecular weight excluding hydrogens is 298 g/mol. The van der Waals surface area contributed by atoms with E-state index in [1.807, 2.05) is 29.6 Å². The van der Waals surface area contributed by atoms with Gasteiger partial charge in [-0.2, -0.15) is 0 Å². The minimum Gasteiger partial charge on any atom is -0.493 e. The third-order valence-electron chi connectivity index (χ3n) is 3.62. The van der Waals surface area contributed by atoms with E-state index < -0.39 is 0 Å². The highest BCUT2D eigenvalue weighted by Gasteiger charge is 2.28.